The van der Waals surface area contributed by atoms with Crippen LogP contribution in [0.25, 0.3) is 10.9 Å². The van der Waals surface area contributed by atoms with Gasteiger partial charge in [0.1, 0.15) is 18.8 Å². The second-order valence-corrected chi connectivity index (χ2v) is 9.91. The molecule has 210 valence electrons. The van der Waals surface area contributed by atoms with Crippen molar-refractivity contribution in [1.29, 1.82) is 0 Å². The largest absolute Gasteiger partial charge is 0.370 e. The van der Waals surface area contributed by atoms with Gasteiger partial charge in [-0.05, 0) is 43.7 Å². The minimum Gasteiger partial charge on any atom is -0.370 e. The summed E-state index contributed by atoms with van der Waals surface area (Å²) in [7, 11) is 0. The number of nitrogens with one attached hydrogen (secondary N) is 2. The molecule has 3 amide bonds. The van der Waals surface area contributed by atoms with Crippen molar-refractivity contribution >= 4 is 40.4 Å². The van der Waals surface area contributed by atoms with Gasteiger partial charge in [0, 0.05) is 24.7 Å². The lowest BCUT2D eigenvalue weighted by atomic mass is 10.0. The fourth-order valence-electron chi connectivity index (χ4n) is 4.59. The normalized spacial score (nSPS) is 16.5. The molecule has 3 atom stereocenters. The van der Waals surface area contributed by atoms with E-state index in [-0.39, 0.29) is 24.8 Å². The van der Waals surface area contributed by atoms with Crippen molar-refractivity contribution < 1.29 is 23.6 Å². The summed E-state index contributed by atoms with van der Waals surface area (Å²) >= 11 is 0. The van der Waals surface area contributed by atoms with Crippen LogP contribution in [0.2, 0.25) is 0 Å². The quantitative estimate of drug-likeness (QED) is 0.177. The molecule has 0 saturated carbocycles. The average molecular weight is 542 g/mol. The number of alkyl halides is 1. The number of hydrogen-bond donors (Lipinski definition) is 4. The van der Waals surface area contributed by atoms with Gasteiger partial charge in [0.15, 0.2) is 11.7 Å². The number of rotatable bonds is 12. The van der Waals surface area contributed by atoms with Crippen LogP contribution in [0, 0.1) is 5.92 Å². The molecule has 1 saturated heterocycles. The van der Waals surface area contributed by atoms with Crippen molar-refractivity contribution in [2.45, 2.75) is 57.7 Å². The molecule has 11 nitrogen and oxygen atoms in total. The molecule has 1 aromatic carbocycles. The molecule has 2 aromatic rings. The van der Waals surface area contributed by atoms with Gasteiger partial charge in [-0.25, -0.2) is 4.39 Å². The molecular formula is C27H36FN7O4. The van der Waals surface area contributed by atoms with Gasteiger partial charge in [0.05, 0.1) is 17.1 Å². The Kier molecular flexibility index (Phi) is 10.3. The number of guanidine groups is 1. The summed E-state index contributed by atoms with van der Waals surface area (Å²) in [6.45, 7) is 2.93. The van der Waals surface area contributed by atoms with Crippen molar-refractivity contribution in [3.05, 3.63) is 42.1 Å². The second-order valence-electron chi connectivity index (χ2n) is 9.91. The fraction of sp³-hybridized carbons (Fsp3) is 0.481. The van der Waals surface area contributed by atoms with Gasteiger partial charge in [0.25, 0.3) is 5.91 Å². The second kappa shape index (κ2) is 13.6. The number of likely N-dealkylation sites (tertiary alicyclic amines) is 1. The number of carbonyl (C=O) groups excluding carboxylic acids is 4. The van der Waals surface area contributed by atoms with E-state index in [0.29, 0.717) is 31.4 Å². The zero-order valence-corrected chi connectivity index (χ0v) is 22.2. The van der Waals surface area contributed by atoms with Crippen molar-refractivity contribution in [3.63, 3.8) is 0 Å². The number of hydrogen-bond acceptors (Lipinski definition) is 6. The number of nitrogens with two attached hydrogens (primary N) is 2. The zero-order chi connectivity index (χ0) is 28.5. The number of fused-ring (bicyclic) bond motifs is 1. The number of aliphatic imine (C=N–C) groups is 1. The summed E-state index contributed by atoms with van der Waals surface area (Å²) < 4.78 is 13.2. The molecule has 1 fully saturated rings. The van der Waals surface area contributed by atoms with Crippen LogP contribution >= 0.6 is 0 Å². The minimum atomic E-state index is -1.23. The van der Waals surface area contributed by atoms with Crippen LogP contribution in [-0.4, -0.2) is 77.2 Å². The lowest BCUT2D eigenvalue weighted by Crippen LogP contribution is -2.56. The summed E-state index contributed by atoms with van der Waals surface area (Å²) in [6.07, 6.45) is 2.92. The van der Waals surface area contributed by atoms with Crippen molar-refractivity contribution in [2.75, 3.05) is 19.8 Å². The first kappa shape index (κ1) is 29.5. The Morgan fingerprint density at radius 1 is 1.18 bits per heavy atom. The van der Waals surface area contributed by atoms with E-state index in [4.69, 9.17) is 11.5 Å². The highest BCUT2D eigenvalue weighted by Gasteiger charge is 2.39. The van der Waals surface area contributed by atoms with Crippen LogP contribution in [-0.2, 0) is 14.4 Å². The van der Waals surface area contributed by atoms with Crippen molar-refractivity contribution in [1.82, 2.24) is 20.5 Å². The number of amides is 3. The highest BCUT2D eigenvalue weighted by Crippen LogP contribution is 2.21. The molecule has 2 heterocycles. The van der Waals surface area contributed by atoms with Gasteiger partial charge in [0.2, 0.25) is 11.8 Å². The van der Waals surface area contributed by atoms with E-state index in [0.717, 1.165) is 10.9 Å². The van der Waals surface area contributed by atoms with Crippen LogP contribution < -0.4 is 22.1 Å². The third-order valence-electron chi connectivity index (χ3n) is 6.69. The molecule has 1 aliphatic heterocycles. The topological polar surface area (TPSA) is 173 Å². The van der Waals surface area contributed by atoms with Gasteiger partial charge in [-0.3, -0.25) is 29.2 Å². The number of pyridine rings is 1. The van der Waals surface area contributed by atoms with Crippen LogP contribution in [0.4, 0.5) is 4.39 Å². The lowest BCUT2D eigenvalue weighted by molar-refractivity contribution is -0.141. The number of carbonyl (C=O) groups is 4. The Bertz CT molecular complexity index is 1230. The van der Waals surface area contributed by atoms with E-state index in [1.54, 1.807) is 19.9 Å². The first-order chi connectivity index (χ1) is 18.6. The highest BCUT2D eigenvalue weighted by molar-refractivity contribution is 6.00. The van der Waals surface area contributed by atoms with Gasteiger partial charge < -0.3 is 27.0 Å². The number of benzene rings is 1. The van der Waals surface area contributed by atoms with E-state index in [1.165, 1.54) is 11.1 Å². The monoisotopic (exact) mass is 541 g/mol. The van der Waals surface area contributed by atoms with Crippen LogP contribution in [0.5, 0.6) is 0 Å². The fourth-order valence-corrected chi connectivity index (χ4v) is 4.59. The number of Topliss-reactive ketones (excluding diaryl/α,β-unsaturated/α-hetero) is 1. The number of halogens is 1. The summed E-state index contributed by atoms with van der Waals surface area (Å²) in [5.74, 6) is -2.52. The maximum Gasteiger partial charge on any atom is 0.253 e. The van der Waals surface area contributed by atoms with Crippen LogP contribution in [0.1, 0.15) is 49.9 Å². The summed E-state index contributed by atoms with van der Waals surface area (Å²) in [6, 6.07) is 6.31. The molecule has 1 aliphatic rings. The Labute approximate surface area is 226 Å². The molecule has 3 rings (SSSR count). The molecule has 1 aromatic heterocycles. The zero-order valence-electron chi connectivity index (χ0n) is 22.2. The molecule has 0 bridgehead atoms. The molecule has 0 aliphatic carbocycles. The third-order valence-corrected chi connectivity index (χ3v) is 6.69. The maximum absolute atomic E-state index is 13.6. The lowest BCUT2D eigenvalue weighted by Gasteiger charge is -2.31. The summed E-state index contributed by atoms with van der Waals surface area (Å²) in [5, 5.41) is 6.21. The Balaban J connectivity index is 1.69. The summed E-state index contributed by atoms with van der Waals surface area (Å²) in [4.78, 5) is 61.5. The maximum atomic E-state index is 13.6. The highest BCUT2D eigenvalue weighted by atomic mass is 19.1. The predicted octanol–water partition coefficient (Wildman–Crippen LogP) is 1.06. The van der Waals surface area contributed by atoms with E-state index < -0.39 is 48.3 Å². The Morgan fingerprint density at radius 2 is 1.92 bits per heavy atom. The first-order valence-electron chi connectivity index (χ1n) is 13.0. The number of para-hydroxylation sites is 1. The van der Waals surface area contributed by atoms with Crippen LogP contribution in [0.15, 0.2) is 41.5 Å². The smallest absolute Gasteiger partial charge is 0.253 e. The van der Waals surface area contributed by atoms with Gasteiger partial charge in [-0.2, -0.15) is 0 Å². The molecule has 0 unspecified atom stereocenters. The van der Waals surface area contributed by atoms with E-state index in [2.05, 4.69) is 20.6 Å². The minimum absolute atomic E-state index is 0.101. The molecule has 12 heteroatoms. The standard InChI is InChI=1S/C27H36FN7O4/c1-16(2)23(34-24(37)18-13-17-7-3-4-8-19(17)32-15-18)26(39)35-12-6-10-21(35)25(38)33-20(22(36)14-28)9-5-11-31-27(29)30/h3-4,7-8,13,15-16,20-21,23H,5-6,9-12,14H2,1-2H3,(H,33,38)(H,34,37)(H4,29,30,31)/t20-,21-,23-/m0/s1. The van der Waals surface area contributed by atoms with Gasteiger partial charge in [-0.15, -0.1) is 0 Å². The van der Waals surface area contributed by atoms with E-state index in [1.807, 2.05) is 24.3 Å². The molecule has 39 heavy (non-hydrogen) atoms. The molecular weight excluding hydrogens is 505 g/mol. The van der Waals surface area contributed by atoms with Gasteiger partial charge >= 0.3 is 0 Å². The first-order valence-corrected chi connectivity index (χ1v) is 13.0. The SMILES string of the molecule is CC(C)[C@H](NC(=O)c1cnc2ccccc2c1)C(=O)N1CCC[C@H]1C(=O)N[C@@H](CCCN=C(N)N)C(=O)CF. The Morgan fingerprint density at radius 3 is 2.62 bits per heavy atom. The van der Waals surface area contributed by atoms with Crippen LogP contribution in [0.3, 0.4) is 0 Å². The number of aromatic nitrogens is 1. The Hall–Kier alpha value is -4.09. The average Bonchev–Trinajstić information content (AvgIpc) is 3.42. The predicted molar refractivity (Wildman–Crippen MR) is 145 cm³/mol. The summed E-state index contributed by atoms with van der Waals surface area (Å²) in [5.41, 5.74) is 11.7. The van der Waals surface area contributed by atoms with Gasteiger partial charge in [-0.1, -0.05) is 32.0 Å². The number of ketones is 1. The van der Waals surface area contributed by atoms with Crippen molar-refractivity contribution in [2.24, 2.45) is 22.4 Å². The van der Waals surface area contributed by atoms with Crippen molar-refractivity contribution in [3.8, 4) is 0 Å². The molecule has 6 N–H and O–H groups in total. The number of nitrogens with zero attached hydrogens (tertiary/aromatic N) is 3. The molecule has 0 radical (unpaired) electrons. The van der Waals surface area contributed by atoms with E-state index >= 15 is 0 Å². The van der Waals surface area contributed by atoms with E-state index in [9.17, 15) is 23.6 Å². The third kappa shape index (κ3) is 7.71. The molecule has 0 spiro atoms.